The third-order valence-electron chi connectivity index (χ3n) is 4.03. The fraction of sp³-hybridized carbons (Fsp3) is 0.0476. The van der Waals surface area contributed by atoms with Gasteiger partial charge < -0.3 is 10.1 Å². The Bertz CT molecular complexity index is 1090. The first-order chi connectivity index (χ1) is 13.2. The molecule has 2 heterocycles. The Balaban J connectivity index is 1.48. The Kier molecular flexibility index (Phi) is 4.77. The molecule has 0 saturated carbocycles. The normalized spacial score (nSPS) is 10.7. The molecule has 2 aromatic carbocycles. The van der Waals surface area contributed by atoms with Crippen LogP contribution in [-0.2, 0) is 6.61 Å². The Morgan fingerprint density at radius 1 is 1.04 bits per heavy atom. The van der Waals surface area contributed by atoms with Crippen molar-refractivity contribution < 1.29 is 9.53 Å². The Morgan fingerprint density at radius 2 is 1.85 bits per heavy atom. The minimum atomic E-state index is -0.357. The Morgan fingerprint density at radius 3 is 2.67 bits per heavy atom. The third kappa shape index (κ3) is 3.78. The SMILES string of the molecule is O=C(Nc1cccc(COc2ccccc2)c1)c1nn2ccccc2c1Cl. The summed E-state index contributed by atoms with van der Waals surface area (Å²) in [6.45, 7) is 0.406. The van der Waals surface area contributed by atoms with Gasteiger partial charge in [-0.3, -0.25) is 4.79 Å². The molecule has 27 heavy (non-hydrogen) atoms. The van der Waals surface area contributed by atoms with Gasteiger partial charge in [0.1, 0.15) is 12.4 Å². The zero-order valence-corrected chi connectivity index (χ0v) is 15.1. The Hall–Kier alpha value is -3.31. The first-order valence-electron chi connectivity index (χ1n) is 8.42. The fourth-order valence-corrected chi connectivity index (χ4v) is 3.00. The molecule has 0 unspecified atom stereocenters. The summed E-state index contributed by atoms with van der Waals surface area (Å²) in [6.07, 6.45) is 1.75. The minimum Gasteiger partial charge on any atom is -0.489 e. The highest BCUT2D eigenvalue weighted by molar-refractivity contribution is 6.37. The van der Waals surface area contributed by atoms with Crippen LogP contribution >= 0.6 is 11.6 Å². The van der Waals surface area contributed by atoms with Crippen molar-refractivity contribution in [2.24, 2.45) is 0 Å². The second-order valence-corrected chi connectivity index (χ2v) is 6.33. The van der Waals surface area contributed by atoms with Crippen LogP contribution in [0.1, 0.15) is 16.1 Å². The number of nitrogens with one attached hydrogen (secondary N) is 1. The topological polar surface area (TPSA) is 55.6 Å². The van der Waals surface area contributed by atoms with Crippen molar-refractivity contribution in [3.63, 3.8) is 0 Å². The largest absolute Gasteiger partial charge is 0.489 e. The van der Waals surface area contributed by atoms with Crippen LogP contribution in [0.4, 0.5) is 5.69 Å². The number of anilines is 1. The van der Waals surface area contributed by atoms with E-state index in [0.717, 1.165) is 11.3 Å². The number of hydrogen-bond donors (Lipinski definition) is 1. The number of pyridine rings is 1. The van der Waals surface area contributed by atoms with Crippen LogP contribution in [0.2, 0.25) is 5.02 Å². The van der Waals surface area contributed by atoms with Gasteiger partial charge in [-0.15, -0.1) is 0 Å². The fourth-order valence-electron chi connectivity index (χ4n) is 2.73. The number of aromatic nitrogens is 2. The molecule has 0 saturated heterocycles. The van der Waals surface area contributed by atoms with Crippen LogP contribution in [0.5, 0.6) is 5.75 Å². The van der Waals surface area contributed by atoms with Gasteiger partial charge >= 0.3 is 0 Å². The van der Waals surface area contributed by atoms with Gasteiger partial charge in [0, 0.05) is 11.9 Å². The molecular weight excluding hydrogens is 362 g/mol. The number of ether oxygens (including phenoxy) is 1. The summed E-state index contributed by atoms with van der Waals surface area (Å²) in [7, 11) is 0. The highest BCUT2D eigenvalue weighted by Crippen LogP contribution is 2.23. The molecule has 134 valence electrons. The highest BCUT2D eigenvalue weighted by atomic mass is 35.5. The van der Waals surface area contributed by atoms with Gasteiger partial charge in [-0.2, -0.15) is 5.10 Å². The average Bonchev–Trinajstić information content (AvgIpc) is 3.05. The van der Waals surface area contributed by atoms with Crippen molar-refractivity contribution in [2.75, 3.05) is 5.32 Å². The summed E-state index contributed by atoms with van der Waals surface area (Å²) >= 11 is 6.30. The summed E-state index contributed by atoms with van der Waals surface area (Å²) in [4.78, 5) is 12.6. The molecule has 0 atom stereocenters. The van der Waals surface area contributed by atoms with Crippen LogP contribution in [-0.4, -0.2) is 15.5 Å². The second kappa shape index (κ2) is 7.51. The van der Waals surface area contributed by atoms with E-state index in [-0.39, 0.29) is 11.6 Å². The summed E-state index contributed by atoms with van der Waals surface area (Å²) in [5, 5.41) is 7.43. The predicted molar refractivity (Wildman–Crippen MR) is 105 cm³/mol. The first kappa shape index (κ1) is 17.1. The number of nitrogens with zero attached hydrogens (tertiary/aromatic N) is 2. The second-order valence-electron chi connectivity index (χ2n) is 5.95. The molecule has 1 amide bonds. The molecular formula is C21H16ClN3O2. The average molecular weight is 378 g/mol. The third-order valence-corrected chi connectivity index (χ3v) is 4.40. The maximum absolute atomic E-state index is 12.6. The summed E-state index contributed by atoms with van der Waals surface area (Å²) in [5.41, 5.74) is 2.48. The molecule has 6 heteroatoms. The minimum absolute atomic E-state index is 0.189. The smallest absolute Gasteiger partial charge is 0.277 e. The van der Waals surface area contributed by atoms with Crippen molar-refractivity contribution in [2.45, 2.75) is 6.61 Å². The van der Waals surface area contributed by atoms with E-state index in [1.54, 1.807) is 10.7 Å². The van der Waals surface area contributed by atoms with Gasteiger partial charge in [-0.25, -0.2) is 4.52 Å². The number of fused-ring (bicyclic) bond motifs is 1. The van der Waals surface area contributed by atoms with Crippen LogP contribution in [0.15, 0.2) is 79.0 Å². The van der Waals surface area contributed by atoms with Gasteiger partial charge in [0.15, 0.2) is 5.69 Å². The van der Waals surface area contributed by atoms with Gasteiger partial charge in [-0.1, -0.05) is 48.0 Å². The van der Waals surface area contributed by atoms with Gasteiger partial charge in [0.2, 0.25) is 0 Å². The zero-order valence-electron chi connectivity index (χ0n) is 14.3. The zero-order chi connectivity index (χ0) is 18.6. The lowest BCUT2D eigenvalue weighted by Crippen LogP contribution is -2.13. The van der Waals surface area contributed by atoms with E-state index in [9.17, 15) is 4.79 Å². The van der Waals surface area contributed by atoms with E-state index < -0.39 is 0 Å². The quantitative estimate of drug-likeness (QED) is 0.542. The molecule has 4 aromatic rings. The number of para-hydroxylation sites is 1. The lowest BCUT2D eigenvalue weighted by atomic mass is 10.2. The number of rotatable bonds is 5. The number of hydrogen-bond acceptors (Lipinski definition) is 3. The maximum atomic E-state index is 12.6. The molecule has 2 aromatic heterocycles. The van der Waals surface area contributed by atoms with Gasteiger partial charge in [-0.05, 0) is 42.0 Å². The number of halogens is 1. The number of amides is 1. The van der Waals surface area contributed by atoms with Crippen molar-refractivity contribution in [1.29, 1.82) is 0 Å². The van der Waals surface area contributed by atoms with E-state index in [1.165, 1.54) is 0 Å². The van der Waals surface area contributed by atoms with Crippen molar-refractivity contribution >= 4 is 28.7 Å². The lowest BCUT2D eigenvalue weighted by molar-refractivity contribution is 0.102. The van der Waals surface area contributed by atoms with Gasteiger partial charge in [0.05, 0.1) is 10.5 Å². The number of benzene rings is 2. The van der Waals surface area contributed by atoms with Crippen molar-refractivity contribution in [1.82, 2.24) is 9.61 Å². The number of carbonyl (C=O) groups is 1. The molecule has 0 fully saturated rings. The summed E-state index contributed by atoms with van der Waals surface area (Å²) in [5.74, 6) is 0.438. The summed E-state index contributed by atoms with van der Waals surface area (Å²) in [6, 6.07) is 22.6. The van der Waals surface area contributed by atoms with Crippen molar-refractivity contribution in [3.8, 4) is 5.75 Å². The highest BCUT2D eigenvalue weighted by Gasteiger charge is 2.17. The van der Waals surface area contributed by atoms with E-state index >= 15 is 0 Å². The molecule has 0 aliphatic carbocycles. The van der Waals surface area contributed by atoms with Crippen molar-refractivity contribution in [3.05, 3.63) is 95.3 Å². The van der Waals surface area contributed by atoms with E-state index in [1.807, 2.05) is 72.8 Å². The molecule has 0 aliphatic heterocycles. The van der Waals surface area contributed by atoms with Crippen LogP contribution < -0.4 is 10.1 Å². The van der Waals surface area contributed by atoms with Crippen LogP contribution in [0, 0.1) is 0 Å². The molecule has 0 spiro atoms. The molecule has 5 nitrogen and oxygen atoms in total. The molecule has 0 aliphatic rings. The molecule has 0 bridgehead atoms. The summed E-state index contributed by atoms with van der Waals surface area (Å²) < 4.78 is 7.33. The lowest BCUT2D eigenvalue weighted by Gasteiger charge is -2.08. The maximum Gasteiger partial charge on any atom is 0.277 e. The number of carbonyl (C=O) groups excluding carboxylic acids is 1. The van der Waals surface area contributed by atoms with E-state index in [0.29, 0.717) is 22.8 Å². The van der Waals surface area contributed by atoms with Gasteiger partial charge in [0.25, 0.3) is 5.91 Å². The predicted octanol–water partition coefficient (Wildman–Crippen LogP) is 4.82. The van der Waals surface area contributed by atoms with Crippen LogP contribution in [0.25, 0.3) is 5.52 Å². The van der Waals surface area contributed by atoms with E-state index in [2.05, 4.69) is 10.4 Å². The van der Waals surface area contributed by atoms with E-state index in [4.69, 9.17) is 16.3 Å². The standard InChI is InChI=1S/C21H16ClN3O2/c22-19-18-11-4-5-12-25(18)24-20(19)21(26)23-16-8-6-7-15(13-16)14-27-17-9-2-1-3-10-17/h1-13H,14H2,(H,23,26). The first-order valence-corrected chi connectivity index (χ1v) is 8.79. The monoisotopic (exact) mass is 377 g/mol. The van der Waals surface area contributed by atoms with Crippen LogP contribution in [0.3, 0.4) is 0 Å². The molecule has 0 radical (unpaired) electrons. The molecule has 1 N–H and O–H groups in total. The Labute approximate surface area is 161 Å². The molecule has 4 rings (SSSR count).